The number of nitrogens with zero attached hydrogens (tertiary/aromatic N) is 1. The molecule has 1 unspecified atom stereocenters. The van der Waals surface area contributed by atoms with Gasteiger partial charge < -0.3 is 15.2 Å². The lowest BCUT2D eigenvalue weighted by atomic mass is 10.0. The van der Waals surface area contributed by atoms with Gasteiger partial charge in [0.25, 0.3) is 0 Å². The van der Waals surface area contributed by atoms with Crippen LogP contribution >= 0.6 is 0 Å². The number of hydrogen-bond acceptors (Lipinski definition) is 5. The number of ether oxygens (including phenoxy) is 1. The summed E-state index contributed by atoms with van der Waals surface area (Å²) in [5.74, 6) is 0.591. The van der Waals surface area contributed by atoms with E-state index in [2.05, 4.69) is 19.2 Å². The molecule has 0 radical (unpaired) electrons. The van der Waals surface area contributed by atoms with E-state index in [4.69, 9.17) is 9.84 Å². The van der Waals surface area contributed by atoms with Crippen LogP contribution in [0.15, 0.2) is 18.2 Å². The molecule has 2 N–H and O–H groups in total. The van der Waals surface area contributed by atoms with Crippen LogP contribution in [-0.2, 0) is 0 Å². The zero-order valence-electron chi connectivity index (χ0n) is 13.0. The van der Waals surface area contributed by atoms with Crippen LogP contribution in [0.25, 0.3) is 0 Å². The predicted molar refractivity (Wildman–Crippen MR) is 82.8 cm³/mol. The lowest BCUT2D eigenvalue weighted by Gasteiger charge is -2.23. The number of benzene rings is 1. The highest BCUT2D eigenvalue weighted by atomic mass is 16.6. The molecule has 0 aromatic heterocycles. The minimum absolute atomic E-state index is 0.0440. The van der Waals surface area contributed by atoms with Gasteiger partial charge in [0.2, 0.25) is 0 Å². The van der Waals surface area contributed by atoms with Crippen molar-refractivity contribution in [3.63, 3.8) is 0 Å². The molecule has 0 aliphatic heterocycles. The second kappa shape index (κ2) is 7.83. The maximum absolute atomic E-state index is 11.0. The first-order chi connectivity index (χ1) is 9.85. The van der Waals surface area contributed by atoms with Crippen molar-refractivity contribution in [3.05, 3.63) is 28.3 Å². The number of aliphatic hydroxyl groups is 1. The maximum atomic E-state index is 11.0. The number of nitro benzene ring substituents is 1. The van der Waals surface area contributed by atoms with Crippen molar-refractivity contribution < 1.29 is 14.8 Å². The Balaban J connectivity index is 3.00. The Labute approximate surface area is 125 Å². The van der Waals surface area contributed by atoms with Crippen LogP contribution in [0.3, 0.4) is 0 Å². The first-order valence-electron chi connectivity index (χ1n) is 7.17. The summed E-state index contributed by atoms with van der Waals surface area (Å²) in [6.45, 7) is 7.87. The number of rotatable bonds is 8. The van der Waals surface area contributed by atoms with Gasteiger partial charge in [0.1, 0.15) is 0 Å². The third-order valence-electron chi connectivity index (χ3n) is 3.12. The quantitative estimate of drug-likeness (QED) is 0.568. The Morgan fingerprint density at radius 1 is 1.33 bits per heavy atom. The van der Waals surface area contributed by atoms with Crippen LogP contribution in [0.1, 0.15) is 34.1 Å². The third kappa shape index (κ3) is 5.23. The first kappa shape index (κ1) is 17.2. The van der Waals surface area contributed by atoms with Crippen molar-refractivity contribution in [1.82, 2.24) is 0 Å². The molecule has 0 saturated heterocycles. The van der Waals surface area contributed by atoms with Gasteiger partial charge in [-0.2, -0.15) is 0 Å². The van der Waals surface area contributed by atoms with Crippen molar-refractivity contribution in [2.24, 2.45) is 5.92 Å². The van der Waals surface area contributed by atoms with Gasteiger partial charge in [-0.05, 0) is 32.3 Å². The SMILES string of the molecule is CC(C)Oc1cc(NC(CCO)C(C)C)ccc1[N+](=O)[O-]. The minimum Gasteiger partial charge on any atom is -0.484 e. The van der Waals surface area contributed by atoms with Crippen LogP contribution in [0, 0.1) is 16.0 Å². The van der Waals surface area contributed by atoms with E-state index in [0.29, 0.717) is 12.3 Å². The molecule has 1 aromatic carbocycles. The molecule has 21 heavy (non-hydrogen) atoms. The van der Waals surface area contributed by atoms with Gasteiger partial charge in [-0.3, -0.25) is 10.1 Å². The van der Waals surface area contributed by atoms with Crippen molar-refractivity contribution in [1.29, 1.82) is 0 Å². The summed E-state index contributed by atoms with van der Waals surface area (Å²) in [6.07, 6.45) is 0.479. The molecule has 0 aliphatic rings. The molecule has 0 bridgehead atoms. The van der Waals surface area contributed by atoms with E-state index >= 15 is 0 Å². The molecule has 0 amide bonds. The van der Waals surface area contributed by atoms with E-state index in [0.717, 1.165) is 5.69 Å². The van der Waals surface area contributed by atoms with Gasteiger partial charge in [-0.15, -0.1) is 0 Å². The topological polar surface area (TPSA) is 84.6 Å². The zero-order valence-corrected chi connectivity index (χ0v) is 13.0. The molecule has 0 spiro atoms. The van der Waals surface area contributed by atoms with Gasteiger partial charge in [-0.1, -0.05) is 13.8 Å². The monoisotopic (exact) mass is 296 g/mol. The summed E-state index contributed by atoms with van der Waals surface area (Å²) in [6, 6.07) is 4.85. The van der Waals surface area contributed by atoms with E-state index in [1.54, 1.807) is 12.1 Å². The molecule has 0 aliphatic carbocycles. The molecule has 0 saturated carbocycles. The van der Waals surface area contributed by atoms with Crippen LogP contribution in [0.5, 0.6) is 5.75 Å². The standard InChI is InChI=1S/C15H24N2O4/c1-10(2)13(7-8-18)16-12-5-6-14(17(19)20)15(9-12)21-11(3)4/h5-6,9-11,13,16,18H,7-8H2,1-4H3. The summed E-state index contributed by atoms with van der Waals surface area (Å²) in [5, 5.41) is 23.4. The fraction of sp³-hybridized carbons (Fsp3) is 0.600. The van der Waals surface area contributed by atoms with Crippen LogP contribution in [0.4, 0.5) is 11.4 Å². The van der Waals surface area contributed by atoms with Crippen molar-refractivity contribution in [2.75, 3.05) is 11.9 Å². The summed E-state index contributed by atoms with van der Waals surface area (Å²) < 4.78 is 5.52. The Morgan fingerprint density at radius 3 is 2.48 bits per heavy atom. The van der Waals surface area contributed by atoms with Crippen LogP contribution in [-0.4, -0.2) is 28.8 Å². The molecular formula is C15H24N2O4. The van der Waals surface area contributed by atoms with E-state index < -0.39 is 4.92 Å². The number of nitro groups is 1. The van der Waals surface area contributed by atoms with E-state index in [9.17, 15) is 10.1 Å². The summed E-state index contributed by atoms with van der Waals surface area (Å²) in [5.41, 5.74) is 0.709. The first-order valence-corrected chi connectivity index (χ1v) is 7.17. The van der Waals surface area contributed by atoms with E-state index in [1.807, 2.05) is 13.8 Å². The normalized spacial score (nSPS) is 12.5. The summed E-state index contributed by atoms with van der Waals surface area (Å²) in [4.78, 5) is 10.6. The van der Waals surface area contributed by atoms with Gasteiger partial charge >= 0.3 is 5.69 Å². The zero-order chi connectivity index (χ0) is 16.0. The minimum atomic E-state index is -0.449. The highest BCUT2D eigenvalue weighted by molar-refractivity contribution is 5.58. The molecule has 0 fully saturated rings. The lowest BCUT2D eigenvalue weighted by molar-refractivity contribution is -0.386. The van der Waals surface area contributed by atoms with E-state index in [1.165, 1.54) is 6.07 Å². The van der Waals surface area contributed by atoms with Crippen LogP contribution < -0.4 is 10.1 Å². The number of aliphatic hydroxyl groups excluding tert-OH is 1. The second-order valence-corrected chi connectivity index (χ2v) is 5.61. The molecule has 1 aromatic rings. The fourth-order valence-electron chi connectivity index (χ4n) is 2.03. The van der Waals surface area contributed by atoms with Crippen molar-refractivity contribution in [3.8, 4) is 5.75 Å². The number of nitrogens with one attached hydrogen (secondary N) is 1. The number of hydrogen-bond donors (Lipinski definition) is 2. The summed E-state index contributed by atoms with van der Waals surface area (Å²) >= 11 is 0. The second-order valence-electron chi connectivity index (χ2n) is 5.61. The number of anilines is 1. The van der Waals surface area contributed by atoms with E-state index in [-0.39, 0.29) is 30.2 Å². The van der Waals surface area contributed by atoms with Crippen LogP contribution in [0.2, 0.25) is 0 Å². The van der Waals surface area contributed by atoms with Gasteiger partial charge in [0.15, 0.2) is 5.75 Å². The molecule has 6 nitrogen and oxygen atoms in total. The molecule has 0 heterocycles. The van der Waals surface area contributed by atoms with Gasteiger partial charge in [0.05, 0.1) is 11.0 Å². The third-order valence-corrected chi connectivity index (χ3v) is 3.12. The molecule has 118 valence electrons. The highest BCUT2D eigenvalue weighted by Gasteiger charge is 2.19. The van der Waals surface area contributed by atoms with Crippen molar-refractivity contribution in [2.45, 2.75) is 46.3 Å². The molecule has 1 atom stereocenters. The average Bonchev–Trinajstić information content (AvgIpc) is 2.37. The fourth-order valence-corrected chi connectivity index (χ4v) is 2.03. The molecule has 1 rings (SSSR count). The average molecular weight is 296 g/mol. The summed E-state index contributed by atoms with van der Waals surface area (Å²) in [7, 11) is 0. The Hall–Kier alpha value is -1.82. The smallest absolute Gasteiger partial charge is 0.311 e. The maximum Gasteiger partial charge on any atom is 0.311 e. The highest BCUT2D eigenvalue weighted by Crippen LogP contribution is 2.31. The molecular weight excluding hydrogens is 272 g/mol. The van der Waals surface area contributed by atoms with Crippen molar-refractivity contribution >= 4 is 11.4 Å². The Kier molecular flexibility index (Phi) is 6.42. The van der Waals surface area contributed by atoms with Gasteiger partial charge in [-0.25, -0.2) is 0 Å². The Morgan fingerprint density at radius 2 is 2.00 bits per heavy atom. The van der Waals surface area contributed by atoms with Gasteiger partial charge in [0, 0.05) is 30.5 Å². The Bertz CT molecular complexity index is 475. The molecule has 6 heteroatoms. The lowest BCUT2D eigenvalue weighted by Crippen LogP contribution is -2.26. The predicted octanol–water partition coefficient (Wildman–Crippen LogP) is 3.20. The largest absolute Gasteiger partial charge is 0.484 e.